The molecule has 18 heavy (non-hydrogen) atoms. The first-order valence-electron chi connectivity index (χ1n) is 5.97. The van der Waals surface area contributed by atoms with E-state index in [2.05, 4.69) is 36.3 Å². The predicted molar refractivity (Wildman–Crippen MR) is 77.2 cm³/mol. The second kappa shape index (κ2) is 4.35. The van der Waals surface area contributed by atoms with E-state index >= 15 is 0 Å². The fourth-order valence-electron chi connectivity index (χ4n) is 1.56. The Hall–Kier alpha value is -1.42. The zero-order valence-electron chi connectivity index (χ0n) is 11.4. The molecule has 96 valence electrons. The van der Waals surface area contributed by atoms with Gasteiger partial charge in [-0.3, -0.25) is 4.79 Å². The van der Waals surface area contributed by atoms with Crippen LogP contribution in [0.3, 0.4) is 0 Å². The largest absolute Gasteiger partial charge is 0.301 e. The minimum Gasteiger partial charge on any atom is -0.301 e. The summed E-state index contributed by atoms with van der Waals surface area (Å²) < 4.78 is 1.11. The Morgan fingerprint density at radius 1 is 1.28 bits per heavy atom. The molecule has 0 fully saturated rings. The zero-order valence-corrected chi connectivity index (χ0v) is 12.2. The molecule has 0 bridgehead atoms. The summed E-state index contributed by atoms with van der Waals surface area (Å²) in [6.45, 7) is 9.81. The molecule has 0 saturated carbocycles. The first-order chi connectivity index (χ1) is 8.29. The van der Waals surface area contributed by atoms with E-state index < -0.39 is 5.41 Å². The summed E-state index contributed by atoms with van der Waals surface area (Å²) in [6, 6.07) is 4.15. The molecule has 3 nitrogen and oxygen atoms in total. The van der Waals surface area contributed by atoms with E-state index in [-0.39, 0.29) is 5.91 Å². The van der Waals surface area contributed by atoms with Gasteiger partial charge in [-0.15, -0.1) is 0 Å². The van der Waals surface area contributed by atoms with Crippen molar-refractivity contribution in [2.75, 3.05) is 5.32 Å². The Morgan fingerprint density at radius 3 is 2.56 bits per heavy atom. The van der Waals surface area contributed by atoms with Gasteiger partial charge in [0.2, 0.25) is 5.91 Å². The van der Waals surface area contributed by atoms with E-state index in [1.807, 2.05) is 20.8 Å². The highest BCUT2D eigenvalue weighted by Gasteiger charge is 2.22. The first-order valence-corrected chi connectivity index (χ1v) is 6.79. The second-order valence-electron chi connectivity index (χ2n) is 5.58. The summed E-state index contributed by atoms with van der Waals surface area (Å²) in [5.74, 6) is -0.00377. The number of aromatic nitrogens is 1. The van der Waals surface area contributed by atoms with Crippen LogP contribution in [0.1, 0.15) is 31.9 Å². The summed E-state index contributed by atoms with van der Waals surface area (Å²) in [6.07, 6.45) is 0. The zero-order chi connectivity index (χ0) is 13.5. The lowest BCUT2D eigenvalue weighted by molar-refractivity contribution is -0.123. The number of aryl methyl sites for hydroxylation is 2. The fraction of sp³-hybridized carbons (Fsp3) is 0.429. The van der Waals surface area contributed by atoms with Gasteiger partial charge in [0, 0.05) is 5.41 Å². The third kappa shape index (κ3) is 2.38. The first kappa shape index (κ1) is 13.0. The number of nitrogens with one attached hydrogen (secondary N) is 1. The normalized spacial score (nSPS) is 11.8. The van der Waals surface area contributed by atoms with Gasteiger partial charge >= 0.3 is 0 Å². The number of rotatable bonds is 1. The number of amides is 1. The molecule has 2 rings (SSSR count). The van der Waals surface area contributed by atoms with Crippen LogP contribution in [0.25, 0.3) is 10.2 Å². The van der Waals surface area contributed by atoms with E-state index in [0.717, 1.165) is 10.2 Å². The Bertz CT molecular complexity index is 608. The highest BCUT2D eigenvalue weighted by atomic mass is 32.1. The van der Waals surface area contributed by atoms with Crippen molar-refractivity contribution >= 4 is 32.6 Å². The van der Waals surface area contributed by atoms with Crippen molar-refractivity contribution in [1.82, 2.24) is 4.98 Å². The SMILES string of the molecule is Cc1ccc2sc(NC(=O)C(C)(C)C)nc2c1C. The lowest BCUT2D eigenvalue weighted by atomic mass is 9.96. The maximum atomic E-state index is 11.9. The standard InChI is InChI=1S/C14H18N2OS/c1-8-6-7-10-11(9(8)2)15-13(18-10)16-12(17)14(3,4)5/h6-7H,1-5H3,(H,15,16,17). The van der Waals surface area contributed by atoms with E-state index in [1.54, 1.807) is 0 Å². The smallest absolute Gasteiger partial charge is 0.231 e. The maximum Gasteiger partial charge on any atom is 0.231 e. The molecule has 4 heteroatoms. The lowest BCUT2D eigenvalue weighted by Crippen LogP contribution is -2.27. The van der Waals surface area contributed by atoms with Crippen molar-refractivity contribution in [2.45, 2.75) is 34.6 Å². The minimum absolute atomic E-state index is 0.00377. The molecule has 0 radical (unpaired) electrons. The molecule has 1 aromatic carbocycles. The molecule has 1 amide bonds. The topological polar surface area (TPSA) is 42.0 Å². The van der Waals surface area contributed by atoms with Crippen LogP contribution in [0.5, 0.6) is 0 Å². The number of hydrogen-bond acceptors (Lipinski definition) is 3. The maximum absolute atomic E-state index is 11.9. The Labute approximate surface area is 111 Å². The molecule has 0 atom stereocenters. The molecular formula is C14H18N2OS. The quantitative estimate of drug-likeness (QED) is 0.847. The molecule has 0 saturated heterocycles. The predicted octanol–water partition coefficient (Wildman–Crippen LogP) is 3.90. The average molecular weight is 262 g/mol. The molecule has 1 heterocycles. The molecule has 0 spiro atoms. The number of nitrogens with zero attached hydrogens (tertiary/aromatic N) is 1. The van der Waals surface area contributed by atoms with Gasteiger partial charge in [0.1, 0.15) is 0 Å². The Morgan fingerprint density at radius 2 is 1.94 bits per heavy atom. The minimum atomic E-state index is -0.400. The molecule has 1 N–H and O–H groups in total. The van der Waals surface area contributed by atoms with E-state index in [4.69, 9.17) is 0 Å². The highest BCUT2D eigenvalue weighted by molar-refractivity contribution is 7.22. The van der Waals surface area contributed by atoms with Crippen molar-refractivity contribution in [2.24, 2.45) is 5.41 Å². The van der Waals surface area contributed by atoms with E-state index in [1.165, 1.54) is 22.5 Å². The third-order valence-corrected chi connectivity index (χ3v) is 3.92. The summed E-state index contributed by atoms with van der Waals surface area (Å²) in [7, 11) is 0. The average Bonchev–Trinajstić information content (AvgIpc) is 2.66. The van der Waals surface area contributed by atoms with Crippen molar-refractivity contribution < 1.29 is 4.79 Å². The number of carbonyl (C=O) groups is 1. The fourth-order valence-corrected chi connectivity index (χ4v) is 2.48. The molecule has 0 aliphatic rings. The van der Waals surface area contributed by atoms with Gasteiger partial charge in [-0.05, 0) is 31.0 Å². The number of anilines is 1. The number of fused-ring (bicyclic) bond motifs is 1. The number of thiazole rings is 1. The van der Waals surface area contributed by atoms with E-state index in [9.17, 15) is 4.79 Å². The molecule has 0 aliphatic carbocycles. The van der Waals surface area contributed by atoms with Crippen LogP contribution in [0, 0.1) is 19.3 Å². The summed E-state index contributed by atoms with van der Waals surface area (Å²) >= 11 is 1.52. The van der Waals surface area contributed by atoms with Crippen LogP contribution in [0.2, 0.25) is 0 Å². The van der Waals surface area contributed by atoms with Gasteiger partial charge in [0.25, 0.3) is 0 Å². The molecular weight excluding hydrogens is 244 g/mol. The summed E-state index contributed by atoms with van der Waals surface area (Å²) in [5.41, 5.74) is 2.99. The molecule has 1 aromatic heterocycles. The van der Waals surface area contributed by atoms with Crippen molar-refractivity contribution in [3.8, 4) is 0 Å². The van der Waals surface area contributed by atoms with Crippen LogP contribution in [-0.2, 0) is 4.79 Å². The van der Waals surface area contributed by atoms with Crippen molar-refractivity contribution in [3.05, 3.63) is 23.3 Å². The lowest BCUT2D eigenvalue weighted by Gasteiger charge is -2.15. The number of carbonyl (C=O) groups excluding carboxylic acids is 1. The van der Waals surface area contributed by atoms with Gasteiger partial charge in [0.05, 0.1) is 10.2 Å². The van der Waals surface area contributed by atoms with Crippen molar-refractivity contribution in [1.29, 1.82) is 0 Å². The Balaban J connectivity index is 2.37. The van der Waals surface area contributed by atoms with Gasteiger partial charge in [0.15, 0.2) is 5.13 Å². The number of benzene rings is 1. The molecule has 0 unspecified atom stereocenters. The second-order valence-corrected chi connectivity index (χ2v) is 6.61. The third-order valence-electron chi connectivity index (χ3n) is 2.99. The van der Waals surface area contributed by atoms with Crippen molar-refractivity contribution in [3.63, 3.8) is 0 Å². The van der Waals surface area contributed by atoms with Crippen LogP contribution in [0.4, 0.5) is 5.13 Å². The Kier molecular flexibility index (Phi) is 3.15. The van der Waals surface area contributed by atoms with Crippen LogP contribution in [-0.4, -0.2) is 10.9 Å². The van der Waals surface area contributed by atoms with E-state index in [0.29, 0.717) is 5.13 Å². The van der Waals surface area contributed by atoms with Crippen LogP contribution in [0.15, 0.2) is 12.1 Å². The summed E-state index contributed by atoms with van der Waals surface area (Å²) in [4.78, 5) is 16.4. The summed E-state index contributed by atoms with van der Waals surface area (Å²) in [5, 5.41) is 3.57. The van der Waals surface area contributed by atoms with Gasteiger partial charge < -0.3 is 5.32 Å². The highest BCUT2D eigenvalue weighted by Crippen LogP contribution is 2.30. The molecule has 0 aliphatic heterocycles. The van der Waals surface area contributed by atoms with Gasteiger partial charge in [-0.1, -0.05) is 38.2 Å². The van der Waals surface area contributed by atoms with Crippen LogP contribution >= 0.6 is 11.3 Å². The van der Waals surface area contributed by atoms with Crippen LogP contribution < -0.4 is 5.32 Å². The number of hydrogen-bond donors (Lipinski definition) is 1. The molecule has 2 aromatic rings. The monoisotopic (exact) mass is 262 g/mol. The van der Waals surface area contributed by atoms with Gasteiger partial charge in [-0.2, -0.15) is 0 Å². The van der Waals surface area contributed by atoms with Gasteiger partial charge in [-0.25, -0.2) is 4.98 Å².